The molecule has 0 spiro atoms. The molecular formula is C20H28N5OS+. The van der Waals surface area contributed by atoms with E-state index >= 15 is 0 Å². The van der Waals surface area contributed by atoms with Gasteiger partial charge in [0.15, 0.2) is 0 Å². The number of nitrogens with one attached hydrogen (secondary N) is 1. The lowest BCUT2D eigenvalue weighted by Gasteiger charge is -2.46. The summed E-state index contributed by atoms with van der Waals surface area (Å²) in [4.78, 5) is 17.0. The SMILES string of the molecule is CN(C)C(=O)[C@H]1C[NH+]2CC[C@H]1C[C@@H]2Cn1cc(CSc2ccccc2)nn1. The molecule has 1 N–H and O–H groups in total. The summed E-state index contributed by atoms with van der Waals surface area (Å²) in [5.41, 5.74) is 1.02. The Hall–Kier alpha value is -1.86. The Balaban J connectivity index is 1.33. The van der Waals surface area contributed by atoms with Crippen LogP contribution in [0.2, 0.25) is 0 Å². The van der Waals surface area contributed by atoms with Gasteiger partial charge in [0, 0.05) is 43.8 Å². The van der Waals surface area contributed by atoms with Crippen molar-refractivity contribution in [2.45, 2.75) is 36.1 Å². The number of hydrogen-bond donors (Lipinski definition) is 1. The first-order valence-corrected chi connectivity index (χ1v) is 10.7. The fourth-order valence-electron chi connectivity index (χ4n) is 4.53. The van der Waals surface area contributed by atoms with E-state index in [1.165, 1.54) is 17.9 Å². The first-order chi connectivity index (χ1) is 13.1. The van der Waals surface area contributed by atoms with E-state index in [0.29, 0.717) is 17.9 Å². The zero-order valence-corrected chi connectivity index (χ0v) is 16.9. The summed E-state index contributed by atoms with van der Waals surface area (Å²) in [6, 6.07) is 10.9. The third kappa shape index (κ3) is 4.19. The van der Waals surface area contributed by atoms with E-state index in [9.17, 15) is 4.79 Å². The quantitative estimate of drug-likeness (QED) is 0.751. The minimum atomic E-state index is 0.202. The number of thioether (sulfide) groups is 1. The fourth-order valence-corrected chi connectivity index (χ4v) is 5.32. The first kappa shape index (κ1) is 18.5. The molecule has 0 aliphatic carbocycles. The number of quaternary nitrogens is 1. The topological polar surface area (TPSA) is 55.5 Å². The van der Waals surface area contributed by atoms with Gasteiger partial charge in [-0.1, -0.05) is 23.4 Å². The van der Waals surface area contributed by atoms with Crippen LogP contribution in [0.1, 0.15) is 18.5 Å². The molecule has 1 aromatic heterocycles. The molecule has 0 radical (unpaired) electrons. The lowest BCUT2D eigenvalue weighted by atomic mass is 9.75. The second-order valence-corrected chi connectivity index (χ2v) is 9.02. The first-order valence-electron chi connectivity index (χ1n) is 9.72. The van der Waals surface area contributed by atoms with E-state index in [4.69, 9.17) is 0 Å². The van der Waals surface area contributed by atoms with Gasteiger partial charge in [0.2, 0.25) is 5.91 Å². The number of nitrogens with zero attached hydrogens (tertiary/aromatic N) is 4. The zero-order chi connectivity index (χ0) is 18.8. The molecule has 4 atom stereocenters. The number of amides is 1. The van der Waals surface area contributed by atoms with Gasteiger partial charge < -0.3 is 9.80 Å². The Bertz CT molecular complexity index is 778. The molecule has 0 saturated carbocycles. The Morgan fingerprint density at radius 2 is 2.15 bits per heavy atom. The van der Waals surface area contributed by atoms with Crippen molar-refractivity contribution in [1.29, 1.82) is 0 Å². The summed E-state index contributed by atoms with van der Waals surface area (Å²) in [5, 5.41) is 8.70. The van der Waals surface area contributed by atoms with E-state index in [1.54, 1.807) is 21.6 Å². The van der Waals surface area contributed by atoms with Crippen molar-refractivity contribution >= 4 is 17.7 Å². The third-order valence-electron chi connectivity index (χ3n) is 5.93. The molecule has 1 aromatic carbocycles. The monoisotopic (exact) mass is 386 g/mol. The summed E-state index contributed by atoms with van der Waals surface area (Å²) in [7, 11) is 3.74. The second kappa shape index (κ2) is 8.02. The highest BCUT2D eigenvalue weighted by atomic mass is 32.2. The molecule has 4 heterocycles. The molecule has 3 aliphatic heterocycles. The van der Waals surface area contributed by atoms with E-state index in [0.717, 1.165) is 31.0 Å². The van der Waals surface area contributed by atoms with Crippen LogP contribution in [0.4, 0.5) is 0 Å². The normalized spacial score (nSPS) is 26.9. The summed E-state index contributed by atoms with van der Waals surface area (Å²) in [6.07, 6.45) is 4.38. The molecule has 5 rings (SSSR count). The molecular weight excluding hydrogens is 358 g/mol. The predicted molar refractivity (Wildman–Crippen MR) is 105 cm³/mol. The van der Waals surface area contributed by atoms with Gasteiger partial charge in [-0.3, -0.25) is 4.79 Å². The fraction of sp³-hybridized carbons (Fsp3) is 0.550. The average Bonchev–Trinajstić information content (AvgIpc) is 3.14. The van der Waals surface area contributed by atoms with Crippen molar-refractivity contribution in [3.05, 3.63) is 42.2 Å². The summed E-state index contributed by atoms with van der Waals surface area (Å²) in [5.74, 6) is 1.87. The van der Waals surface area contributed by atoms with Gasteiger partial charge in [0.25, 0.3) is 0 Å². The van der Waals surface area contributed by atoms with Crippen LogP contribution in [0.15, 0.2) is 41.4 Å². The molecule has 1 amide bonds. The Labute approximate surface area is 164 Å². The van der Waals surface area contributed by atoms with Crippen molar-refractivity contribution in [3.8, 4) is 0 Å². The van der Waals surface area contributed by atoms with Gasteiger partial charge >= 0.3 is 0 Å². The minimum Gasteiger partial charge on any atom is -0.348 e. The smallest absolute Gasteiger partial charge is 0.231 e. The van der Waals surface area contributed by atoms with Crippen LogP contribution < -0.4 is 4.90 Å². The molecule has 27 heavy (non-hydrogen) atoms. The van der Waals surface area contributed by atoms with Gasteiger partial charge in [-0.25, -0.2) is 4.68 Å². The summed E-state index contributed by atoms with van der Waals surface area (Å²) in [6.45, 7) is 3.05. The Morgan fingerprint density at radius 1 is 1.33 bits per heavy atom. The van der Waals surface area contributed by atoms with E-state index in [-0.39, 0.29) is 5.92 Å². The van der Waals surface area contributed by atoms with Crippen molar-refractivity contribution in [1.82, 2.24) is 19.9 Å². The molecule has 144 valence electrons. The maximum absolute atomic E-state index is 12.4. The maximum Gasteiger partial charge on any atom is 0.231 e. The summed E-state index contributed by atoms with van der Waals surface area (Å²) >= 11 is 1.79. The number of carbonyl (C=O) groups is 1. The number of benzene rings is 1. The minimum absolute atomic E-state index is 0.202. The number of fused-ring (bicyclic) bond motifs is 3. The number of aromatic nitrogens is 3. The van der Waals surface area contributed by atoms with Crippen LogP contribution in [0, 0.1) is 11.8 Å². The van der Waals surface area contributed by atoms with Gasteiger partial charge in [0.1, 0.15) is 6.04 Å². The Kier molecular flexibility index (Phi) is 5.50. The number of carbonyl (C=O) groups excluding carboxylic acids is 1. The molecule has 3 aliphatic rings. The molecule has 3 saturated heterocycles. The van der Waals surface area contributed by atoms with E-state index in [1.807, 2.05) is 24.8 Å². The van der Waals surface area contributed by atoms with Crippen LogP contribution in [0.3, 0.4) is 0 Å². The summed E-state index contributed by atoms with van der Waals surface area (Å²) < 4.78 is 2.00. The van der Waals surface area contributed by atoms with Crippen LogP contribution in [-0.2, 0) is 17.1 Å². The third-order valence-corrected chi connectivity index (χ3v) is 6.98. The van der Waals surface area contributed by atoms with Gasteiger partial charge in [-0.15, -0.1) is 16.9 Å². The van der Waals surface area contributed by atoms with Crippen LogP contribution >= 0.6 is 11.8 Å². The van der Waals surface area contributed by atoms with Crippen molar-refractivity contribution in [2.24, 2.45) is 11.8 Å². The second-order valence-electron chi connectivity index (χ2n) is 7.97. The lowest BCUT2D eigenvalue weighted by molar-refractivity contribution is -0.945. The van der Waals surface area contributed by atoms with Gasteiger partial charge in [0.05, 0.1) is 31.2 Å². The highest BCUT2D eigenvalue weighted by molar-refractivity contribution is 7.98. The van der Waals surface area contributed by atoms with Crippen LogP contribution in [0.25, 0.3) is 0 Å². The van der Waals surface area contributed by atoms with E-state index in [2.05, 4.69) is 40.8 Å². The van der Waals surface area contributed by atoms with Gasteiger partial charge in [-0.2, -0.15) is 0 Å². The van der Waals surface area contributed by atoms with Crippen molar-refractivity contribution in [2.75, 3.05) is 27.2 Å². The molecule has 2 bridgehead atoms. The molecule has 3 fully saturated rings. The highest BCUT2D eigenvalue weighted by Crippen LogP contribution is 2.28. The number of rotatable bonds is 6. The van der Waals surface area contributed by atoms with Gasteiger partial charge in [-0.05, 0) is 18.1 Å². The predicted octanol–water partition coefficient (Wildman–Crippen LogP) is 0.952. The molecule has 2 aromatic rings. The largest absolute Gasteiger partial charge is 0.348 e. The number of piperidine rings is 3. The van der Waals surface area contributed by atoms with Crippen LogP contribution in [0.5, 0.6) is 0 Å². The zero-order valence-electron chi connectivity index (χ0n) is 16.0. The molecule has 6 nitrogen and oxygen atoms in total. The Morgan fingerprint density at radius 3 is 2.85 bits per heavy atom. The van der Waals surface area contributed by atoms with Crippen molar-refractivity contribution in [3.63, 3.8) is 0 Å². The average molecular weight is 387 g/mol. The van der Waals surface area contributed by atoms with Crippen molar-refractivity contribution < 1.29 is 9.69 Å². The molecule has 1 unspecified atom stereocenters. The standard InChI is InChI=1S/C20H27N5OS/c1-23(2)20(26)19-13-24-9-8-15(19)10-17(24)12-25-11-16(21-22-25)14-27-18-6-4-3-5-7-18/h3-7,11,15,17,19H,8-10,12-14H2,1-2H3/p+1/t15-,17+,19-/m0/s1. The maximum atomic E-state index is 12.4. The van der Waals surface area contributed by atoms with E-state index < -0.39 is 0 Å². The number of hydrogen-bond acceptors (Lipinski definition) is 4. The van der Waals surface area contributed by atoms with Crippen LogP contribution in [-0.4, -0.2) is 59.0 Å². The molecule has 7 heteroatoms. The highest BCUT2D eigenvalue weighted by Gasteiger charge is 2.47. The lowest BCUT2D eigenvalue weighted by Crippen LogP contribution is -3.20.